The third kappa shape index (κ3) is 4.24. The third-order valence-corrected chi connectivity index (χ3v) is 3.35. The molecule has 0 saturated heterocycles. The van der Waals surface area contributed by atoms with E-state index in [1.165, 1.54) is 6.07 Å². The SMILES string of the molecule is O=C(Nc1cccc(C#CCO)c1)c1ccc(Cl)c(Cl)c1. The molecule has 0 aliphatic rings. The average molecular weight is 320 g/mol. The Morgan fingerprint density at radius 2 is 1.95 bits per heavy atom. The lowest BCUT2D eigenvalue weighted by Crippen LogP contribution is -2.11. The Morgan fingerprint density at radius 3 is 2.67 bits per heavy atom. The molecule has 21 heavy (non-hydrogen) atoms. The summed E-state index contributed by atoms with van der Waals surface area (Å²) in [5.74, 6) is 5.03. The molecule has 0 spiro atoms. The summed E-state index contributed by atoms with van der Waals surface area (Å²) in [7, 11) is 0. The smallest absolute Gasteiger partial charge is 0.255 e. The number of carbonyl (C=O) groups is 1. The van der Waals surface area contributed by atoms with Crippen LogP contribution in [0.3, 0.4) is 0 Å². The van der Waals surface area contributed by atoms with Gasteiger partial charge in [0.25, 0.3) is 5.91 Å². The van der Waals surface area contributed by atoms with Gasteiger partial charge in [0.2, 0.25) is 0 Å². The van der Waals surface area contributed by atoms with Crippen molar-refractivity contribution in [3.8, 4) is 11.8 Å². The van der Waals surface area contributed by atoms with Crippen LogP contribution in [0.1, 0.15) is 15.9 Å². The second-order valence-electron chi connectivity index (χ2n) is 4.12. The first kappa shape index (κ1) is 15.4. The van der Waals surface area contributed by atoms with Crippen LogP contribution in [0, 0.1) is 11.8 Å². The number of hydrogen-bond donors (Lipinski definition) is 2. The summed E-state index contributed by atoms with van der Waals surface area (Å²) in [5, 5.41) is 12.1. The van der Waals surface area contributed by atoms with Crippen LogP contribution < -0.4 is 5.32 Å². The molecule has 0 heterocycles. The van der Waals surface area contributed by atoms with E-state index in [1.807, 2.05) is 0 Å². The Labute approximate surface area is 132 Å². The molecule has 3 nitrogen and oxygen atoms in total. The number of carbonyl (C=O) groups excluding carboxylic acids is 1. The first-order valence-corrected chi connectivity index (χ1v) is 6.82. The van der Waals surface area contributed by atoms with E-state index in [0.29, 0.717) is 26.9 Å². The van der Waals surface area contributed by atoms with Crippen molar-refractivity contribution >= 4 is 34.8 Å². The van der Waals surface area contributed by atoms with Crippen LogP contribution in [0.2, 0.25) is 10.0 Å². The first-order valence-electron chi connectivity index (χ1n) is 6.06. The molecule has 0 atom stereocenters. The Morgan fingerprint density at radius 1 is 1.14 bits per heavy atom. The van der Waals surface area contributed by atoms with Gasteiger partial charge in [-0.05, 0) is 36.4 Å². The van der Waals surface area contributed by atoms with Gasteiger partial charge in [0.05, 0.1) is 10.0 Å². The second-order valence-corrected chi connectivity index (χ2v) is 4.94. The van der Waals surface area contributed by atoms with Crippen LogP contribution in [0.5, 0.6) is 0 Å². The van der Waals surface area contributed by atoms with Gasteiger partial charge < -0.3 is 10.4 Å². The first-order chi connectivity index (χ1) is 10.1. The number of aliphatic hydroxyl groups excluding tert-OH is 1. The lowest BCUT2D eigenvalue weighted by Gasteiger charge is -2.06. The van der Waals surface area contributed by atoms with Gasteiger partial charge in [0.15, 0.2) is 0 Å². The highest BCUT2D eigenvalue weighted by Crippen LogP contribution is 2.23. The van der Waals surface area contributed by atoms with Gasteiger partial charge in [-0.1, -0.05) is 41.1 Å². The van der Waals surface area contributed by atoms with E-state index in [2.05, 4.69) is 17.2 Å². The van der Waals surface area contributed by atoms with Crippen molar-refractivity contribution in [3.05, 3.63) is 63.6 Å². The maximum absolute atomic E-state index is 12.1. The summed E-state index contributed by atoms with van der Waals surface area (Å²) in [6, 6.07) is 11.7. The largest absolute Gasteiger partial charge is 0.384 e. The molecule has 0 bridgehead atoms. The van der Waals surface area contributed by atoms with E-state index in [-0.39, 0.29) is 12.5 Å². The standard InChI is InChI=1S/C16H11Cl2NO2/c17-14-7-6-12(10-15(14)18)16(21)19-13-5-1-3-11(9-13)4-2-8-20/h1,3,5-7,9-10,20H,8H2,(H,19,21). The highest BCUT2D eigenvalue weighted by atomic mass is 35.5. The molecular formula is C16H11Cl2NO2. The molecule has 106 valence electrons. The summed E-state index contributed by atoms with van der Waals surface area (Å²) in [6.45, 7) is -0.208. The average Bonchev–Trinajstić information content (AvgIpc) is 2.48. The number of halogens is 2. The second kappa shape index (κ2) is 7.14. The van der Waals surface area contributed by atoms with Crippen molar-refractivity contribution in [1.29, 1.82) is 0 Å². The van der Waals surface area contributed by atoms with Gasteiger partial charge in [0.1, 0.15) is 6.61 Å². The Kier molecular flexibility index (Phi) is 5.24. The van der Waals surface area contributed by atoms with Crippen molar-refractivity contribution in [2.45, 2.75) is 0 Å². The summed E-state index contributed by atoms with van der Waals surface area (Å²) >= 11 is 11.7. The molecule has 2 aromatic rings. The topological polar surface area (TPSA) is 49.3 Å². The Balaban J connectivity index is 2.17. The van der Waals surface area contributed by atoms with Gasteiger partial charge in [-0.2, -0.15) is 0 Å². The maximum Gasteiger partial charge on any atom is 0.255 e. The van der Waals surface area contributed by atoms with Crippen LogP contribution in [0.15, 0.2) is 42.5 Å². The van der Waals surface area contributed by atoms with E-state index in [9.17, 15) is 4.79 Å². The van der Waals surface area contributed by atoms with E-state index in [1.54, 1.807) is 36.4 Å². The van der Waals surface area contributed by atoms with Crippen molar-refractivity contribution in [2.75, 3.05) is 11.9 Å². The van der Waals surface area contributed by atoms with Crippen molar-refractivity contribution in [2.24, 2.45) is 0 Å². The fraction of sp³-hybridized carbons (Fsp3) is 0.0625. The number of anilines is 1. The molecule has 2 aromatic carbocycles. The van der Waals surface area contributed by atoms with Crippen LogP contribution in [-0.2, 0) is 0 Å². The minimum atomic E-state index is -0.291. The van der Waals surface area contributed by atoms with Gasteiger partial charge in [-0.15, -0.1) is 0 Å². The molecule has 0 unspecified atom stereocenters. The van der Waals surface area contributed by atoms with Crippen LogP contribution >= 0.6 is 23.2 Å². The van der Waals surface area contributed by atoms with Gasteiger partial charge in [0, 0.05) is 16.8 Å². The van der Waals surface area contributed by atoms with Crippen LogP contribution in [0.4, 0.5) is 5.69 Å². The number of aliphatic hydroxyl groups is 1. The predicted molar refractivity (Wildman–Crippen MR) is 84.8 cm³/mol. The normalized spacial score (nSPS) is 9.67. The highest BCUT2D eigenvalue weighted by Gasteiger charge is 2.08. The Hall–Kier alpha value is -1.99. The zero-order valence-corrected chi connectivity index (χ0v) is 12.4. The van der Waals surface area contributed by atoms with Crippen LogP contribution in [-0.4, -0.2) is 17.6 Å². The fourth-order valence-corrected chi connectivity index (χ4v) is 1.96. The molecule has 0 fully saturated rings. The van der Waals surface area contributed by atoms with Crippen molar-refractivity contribution in [3.63, 3.8) is 0 Å². The van der Waals surface area contributed by atoms with Gasteiger partial charge in [-0.3, -0.25) is 4.79 Å². The fourth-order valence-electron chi connectivity index (χ4n) is 1.66. The molecule has 5 heteroatoms. The molecule has 0 aromatic heterocycles. The molecule has 0 aliphatic carbocycles. The van der Waals surface area contributed by atoms with E-state index >= 15 is 0 Å². The summed E-state index contributed by atoms with van der Waals surface area (Å²) in [5.41, 5.74) is 1.73. The summed E-state index contributed by atoms with van der Waals surface area (Å²) < 4.78 is 0. The Bertz CT molecular complexity index is 733. The monoisotopic (exact) mass is 319 g/mol. The van der Waals surface area contributed by atoms with E-state index in [0.717, 1.165) is 0 Å². The van der Waals surface area contributed by atoms with Gasteiger partial charge in [-0.25, -0.2) is 0 Å². The number of hydrogen-bond acceptors (Lipinski definition) is 2. The molecular weight excluding hydrogens is 309 g/mol. The maximum atomic E-state index is 12.1. The minimum Gasteiger partial charge on any atom is -0.384 e. The number of benzene rings is 2. The number of nitrogens with one attached hydrogen (secondary N) is 1. The lowest BCUT2D eigenvalue weighted by molar-refractivity contribution is 0.102. The van der Waals surface area contributed by atoms with Crippen molar-refractivity contribution in [1.82, 2.24) is 0 Å². The minimum absolute atomic E-state index is 0.208. The molecule has 2 N–H and O–H groups in total. The summed E-state index contributed by atoms with van der Waals surface area (Å²) in [4.78, 5) is 12.1. The zero-order chi connectivity index (χ0) is 15.2. The predicted octanol–water partition coefficient (Wildman–Crippen LogP) is 3.59. The van der Waals surface area contributed by atoms with Crippen LogP contribution in [0.25, 0.3) is 0 Å². The third-order valence-electron chi connectivity index (χ3n) is 2.61. The quantitative estimate of drug-likeness (QED) is 0.831. The molecule has 0 aliphatic heterocycles. The molecule has 0 radical (unpaired) electrons. The van der Waals surface area contributed by atoms with Crippen molar-refractivity contribution < 1.29 is 9.90 Å². The molecule has 0 saturated carbocycles. The summed E-state index contributed by atoms with van der Waals surface area (Å²) in [6.07, 6.45) is 0. The lowest BCUT2D eigenvalue weighted by atomic mass is 10.1. The van der Waals surface area contributed by atoms with E-state index < -0.39 is 0 Å². The van der Waals surface area contributed by atoms with Gasteiger partial charge >= 0.3 is 0 Å². The molecule has 1 amide bonds. The highest BCUT2D eigenvalue weighted by molar-refractivity contribution is 6.42. The number of amides is 1. The number of rotatable bonds is 2. The van der Waals surface area contributed by atoms with E-state index in [4.69, 9.17) is 28.3 Å². The zero-order valence-electron chi connectivity index (χ0n) is 10.9. The molecule has 2 rings (SSSR count).